The highest BCUT2D eigenvalue weighted by Crippen LogP contribution is 2.09. The summed E-state index contributed by atoms with van der Waals surface area (Å²) in [6.45, 7) is 4.21. The number of aldehydes is 2. The summed E-state index contributed by atoms with van der Waals surface area (Å²) in [4.78, 5) is 39.4. The molecule has 2 unspecified atom stereocenters. The molecule has 0 rings (SSSR count). The van der Waals surface area contributed by atoms with Crippen molar-refractivity contribution in [2.75, 3.05) is 20.6 Å². The number of nitrogens with zero attached hydrogens (tertiary/aromatic N) is 2. The quantitative estimate of drug-likeness (QED) is 0.478. The zero-order valence-electron chi connectivity index (χ0n) is 13.2. The van der Waals surface area contributed by atoms with Crippen LogP contribution in [0.3, 0.4) is 0 Å². The van der Waals surface area contributed by atoms with E-state index in [1.165, 1.54) is 0 Å². The van der Waals surface area contributed by atoms with E-state index in [4.69, 9.17) is 0 Å². The first kappa shape index (κ1) is 19.2. The summed E-state index contributed by atoms with van der Waals surface area (Å²) in [5.41, 5.74) is 0.436. The summed E-state index contributed by atoms with van der Waals surface area (Å²) in [7, 11) is 3.37. The van der Waals surface area contributed by atoms with Gasteiger partial charge in [0.15, 0.2) is 6.29 Å². The maximum atomic E-state index is 11.9. The molecule has 1 amide bonds. The zero-order chi connectivity index (χ0) is 16.3. The smallest absolute Gasteiger partial charge is 0.237 e. The van der Waals surface area contributed by atoms with E-state index in [1.807, 2.05) is 18.7 Å². The number of likely N-dealkylation sites (N-methyl/N-ethyl adjacent to an activating group) is 2. The van der Waals surface area contributed by atoms with Gasteiger partial charge in [-0.05, 0) is 20.4 Å². The van der Waals surface area contributed by atoms with E-state index < -0.39 is 6.04 Å². The third-order valence-corrected chi connectivity index (χ3v) is 3.20. The molecule has 0 radical (unpaired) electrons. The monoisotopic (exact) mass is 295 g/mol. The summed E-state index contributed by atoms with van der Waals surface area (Å²) >= 11 is 0. The molecule has 2 atom stereocenters. The molecule has 0 aromatic heterocycles. The molecule has 1 N–H and O–H groups in total. The van der Waals surface area contributed by atoms with Gasteiger partial charge in [-0.25, -0.2) is 0 Å². The first-order valence-electron chi connectivity index (χ1n) is 7.01. The van der Waals surface area contributed by atoms with Crippen molar-refractivity contribution in [2.45, 2.75) is 32.7 Å². The van der Waals surface area contributed by atoms with Crippen molar-refractivity contribution in [2.24, 2.45) is 10.9 Å². The van der Waals surface area contributed by atoms with Crippen molar-refractivity contribution in [1.82, 2.24) is 10.2 Å². The fourth-order valence-corrected chi connectivity index (χ4v) is 2.03. The number of nitrogens with one attached hydrogen (secondary N) is 1. The SMILES string of the molecule is C/C=C\N=C(C=O)C(C)CN(C)C(CCC=O)C(=O)NC. The summed E-state index contributed by atoms with van der Waals surface area (Å²) in [6.07, 6.45) is 5.63. The lowest BCUT2D eigenvalue weighted by Gasteiger charge is -2.28. The first-order valence-corrected chi connectivity index (χ1v) is 7.01. The standard InChI is InChI=1S/C15H25N3O3/c1-5-8-17-13(11-20)12(2)10-18(4)14(7-6-9-19)15(21)16-3/h5,8-9,11-12,14H,6-7,10H2,1-4H3,(H,16,21)/b8-5-,17-13?. The van der Waals surface area contributed by atoms with E-state index in [-0.39, 0.29) is 11.8 Å². The Hall–Kier alpha value is -1.82. The molecular weight excluding hydrogens is 270 g/mol. The maximum Gasteiger partial charge on any atom is 0.237 e. The Morgan fingerprint density at radius 3 is 2.52 bits per heavy atom. The third-order valence-electron chi connectivity index (χ3n) is 3.20. The minimum Gasteiger partial charge on any atom is -0.358 e. The molecule has 0 fully saturated rings. The molecule has 0 spiro atoms. The van der Waals surface area contributed by atoms with Gasteiger partial charge in [-0.2, -0.15) is 0 Å². The Morgan fingerprint density at radius 2 is 2.05 bits per heavy atom. The Morgan fingerprint density at radius 1 is 1.38 bits per heavy atom. The molecule has 0 aromatic rings. The number of rotatable bonds is 10. The lowest BCUT2D eigenvalue weighted by atomic mass is 10.0. The summed E-state index contributed by atoms with van der Waals surface area (Å²) in [5, 5.41) is 2.60. The molecule has 0 saturated carbocycles. The summed E-state index contributed by atoms with van der Waals surface area (Å²) in [6, 6.07) is -0.391. The van der Waals surface area contributed by atoms with Crippen molar-refractivity contribution in [1.29, 1.82) is 0 Å². The van der Waals surface area contributed by atoms with Crippen LogP contribution >= 0.6 is 0 Å². The number of allylic oxidation sites excluding steroid dienone is 1. The average Bonchev–Trinajstić information content (AvgIpc) is 2.47. The molecule has 0 heterocycles. The molecule has 0 aliphatic rings. The van der Waals surface area contributed by atoms with E-state index in [0.29, 0.717) is 25.1 Å². The van der Waals surface area contributed by atoms with Gasteiger partial charge in [0, 0.05) is 32.1 Å². The highest BCUT2D eigenvalue weighted by Gasteiger charge is 2.24. The van der Waals surface area contributed by atoms with Crippen LogP contribution in [0.2, 0.25) is 0 Å². The van der Waals surface area contributed by atoms with Crippen molar-refractivity contribution in [3.05, 3.63) is 12.3 Å². The van der Waals surface area contributed by atoms with Gasteiger partial charge in [-0.15, -0.1) is 0 Å². The van der Waals surface area contributed by atoms with Crippen LogP contribution in [-0.2, 0) is 14.4 Å². The van der Waals surface area contributed by atoms with E-state index in [1.54, 1.807) is 26.4 Å². The maximum absolute atomic E-state index is 11.9. The molecule has 0 aliphatic carbocycles. The van der Waals surface area contributed by atoms with Crippen LogP contribution in [0.5, 0.6) is 0 Å². The lowest BCUT2D eigenvalue weighted by molar-refractivity contribution is -0.126. The van der Waals surface area contributed by atoms with Gasteiger partial charge in [0.05, 0.1) is 11.8 Å². The van der Waals surface area contributed by atoms with Crippen LogP contribution < -0.4 is 5.32 Å². The zero-order valence-corrected chi connectivity index (χ0v) is 13.2. The number of hydrogen-bond acceptors (Lipinski definition) is 5. The van der Waals surface area contributed by atoms with Gasteiger partial charge in [0.1, 0.15) is 6.29 Å². The topological polar surface area (TPSA) is 78.8 Å². The van der Waals surface area contributed by atoms with Crippen molar-refractivity contribution >= 4 is 24.2 Å². The molecule has 0 aromatic carbocycles. The molecule has 0 bridgehead atoms. The third kappa shape index (κ3) is 6.94. The predicted molar refractivity (Wildman–Crippen MR) is 83.3 cm³/mol. The molecule has 118 valence electrons. The van der Waals surface area contributed by atoms with Crippen molar-refractivity contribution in [3.63, 3.8) is 0 Å². The molecule has 21 heavy (non-hydrogen) atoms. The van der Waals surface area contributed by atoms with Crippen molar-refractivity contribution in [3.8, 4) is 0 Å². The van der Waals surface area contributed by atoms with Gasteiger partial charge in [0.25, 0.3) is 0 Å². The minimum absolute atomic E-state index is 0.105. The number of carbonyl (C=O) groups excluding carboxylic acids is 3. The Balaban J connectivity index is 4.86. The highest BCUT2D eigenvalue weighted by atomic mass is 16.2. The predicted octanol–water partition coefficient (Wildman–Crippen LogP) is 0.821. The fraction of sp³-hybridized carbons (Fsp3) is 0.600. The molecule has 0 aliphatic heterocycles. The minimum atomic E-state index is -0.391. The second-order valence-corrected chi connectivity index (χ2v) is 4.87. The second-order valence-electron chi connectivity index (χ2n) is 4.87. The second kappa shape index (κ2) is 10.9. The lowest BCUT2D eigenvalue weighted by Crippen LogP contribution is -2.46. The van der Waals surface area contributed by atoms with E-state index >= 15 is 0 Å². The normalized spacial score (nSPS) is 15.0. The largest absolute Gasteiger partial charge is 0.358 e. The van der Waals surface area contributed by atoms with Gasteiger partial charge in [0.2, 0.25) is 5.91 Å². The average molecular weight is 295 g/mol. The van der Waals surface area contributed by atoms with E-state index in [0.717, 1.165) is 12.6 Å². The number of carbonyl (C=O) groups is 3. The van der Waals surface area contributed by atoms with Crippen LogP contribution in [-0.4, -0.2) is 55.8 Å². The van der Waals surface area contributed by atoms with Gasteiger partial charge >= 0.3 is 0 Å². The Labute approximate surface area is 126 Å². The van der Waals surface area contributed by atoms with E-state index in [9.17, 15) is 14.4 Å². The van der Waals surface area contributed by atoms with Crippen LogP contribution in [0.25, 0.3) is 0 Å². The molecule has 6 nitrogen and oxygen atoms in total. The Kier molecular flexibility index (Phi) is 9.96. The van der Waals surface area contributed by atoms with Crippen molar-refractivity contribution < 1.29 is 14.4 Å². The van der Waals surface area contributed by atoms with Crippen LogP contribution in [0.15, 0.2) is 17.3 Å². The summed E-state index contributed by atoms with van der Waals surface area (Å²) < 4.78 is 0. The Bertz CT molecular complexity index is 405. The van der Waals surface area contributed by atoms with Gasteiger partial charge in [-0.1, -0.05) is 13.0 Å². The first-order chi connectivity index (χ1) is 10.0. The van der Waals surface area contributed by atoms with Crippen LogP contribution in [0.4, 0.5) is 0 Å². The van der Waals surface area contributed by atoms with Crippen LogP contribution in [0, 0.1) is 5.92 Å². The number of aliphatic imine (C=N–C) groups is 1. The van der Waals surface area contributed by atoms with E-state index in [2.05, 4.69) is 10.3 Å². The molecule has 0 saturated heterocycles. The number of amides is 1. The van der Waals surface area contributed by atoms with Gasteiger partial charge in [-0.3, -0.25) is 19.5 Å². The molecule has 6 heteroatoms. The number of hydrogen-bond donors (Lipinski definition) is 1. The van der Waals surface area contributed by atoms with Crippen LogP contribution in [0.1, 0.15) is 26.7 Å². The fourth-order valence-electron chi connectivity index (χ4n) is 2.03. The molecular formula is C15H25N3O3. The summed E-state index contributed by atoms with van der Waals surface area (Å²) in [5.74, 6) is -0.239. The van der Waals surface area contributed by atoms with Gasteiger partial charge < -0.3 is 10.1 Å². The highest BCUT2D eigenvalue weighted by molar-refractivity contribution is 6.29.